The zero-order chi connectivity index (χ0) is 16.1. The largest absolute Gasteiger partial charge is 0.454 e. The summed E-state index contributed by atoms with van der Waals surface area (Å²) in [6.45, 7) is 0. The van der Waals surface area contributed by atoms with Gasteiger partial charge < -0.3 is 10.5 Å². The first-order valence-corrected chi connectivity index (χ1v) is 7.62. The van der Waals surface area contributed by atoms with Crippen LogP contribution in [-0.2, 0) is 0 Å². The number of para-hydroxylation sites is 2. The molecule has 2 aromatic carbocycles. The normalized spacial score (nSPS) is 10.8. The van der Waals surface area contributed by atoms with Gasteiger partial charge in [0.05, 0.1) is 6.21 Å². The molecular formula is C16H13FN4OS. The number of ether oxygens (including phenoxy) is 1. The van der Waals surface area contributed by atoms with Gasteiger partial charge in [0.15, 0.2) is 11.6 Å². The summed E-state index contributed by atoms with van der Waals surface area (Å²) in [5.41, 5.74) is 9.02. The Bertz CT molecular complexity index is 834. The molecular weight excluding hydrogens is 315 g/mol. The average Bonchev–Trinajstić information content (AvgIpc) is 2.97. The zero-order valence-corrected chi connectivity index (χ0v) is 12.8. The second-order valence-corrected chi connectivity index (χ2v) is 5.38. The fourth-order valence-corrected chi connectivity index (χ4v) is 2.37. The Morgan fingerprint density at radius 2 is 1.87 bits per heavy atom. The molecule has 116 valence electrons. The van der Waals surface area contributed by atoms with E-state index in [1.807, 2.05) is 18.2 Å². The summed E-state index contributed by atoms with van der Waals surface area (Å²) < 4.78 is 19.3. The van der Waals surface area contributed by atoms with Crippen LogP contribution in [0, 0.1) is 5.82 Å². The number of hydrogen-bond acceptors (Lipinski definition) is 6. The summed E-state index contributed by atoms with van der Waals surface area (Å²) in [5, 5.41) is 6.40. The molecule has 1 heterocycles. The van der Waals surface area contributed by atoms with Crippen molar-refractivity contribution >= 4 is 28.5 Å². The molecule has 0 spiro atoms. The minimum absolute atomic E-state index is 0.161. The van der Waals surface area contributed by atoms with Crippen molar-refractivity contribution in [3.8, 4) is 11.5 Å². The van der Waals surface area contributed by atoms with E-state index in [1.54, 1.807) is 35.9 Å². The predicted octanol–water partition coefficient (Wildman–Crippen LogP) is 4.10. The van der Waals surface area contributed by atoms with Gasteiger partial charge in [0, 0.05) is 10.9 Å². The maximum atomic E-state index is 13.7. The first-order valence-electron chi connectivity index (χ1n) is 6.74. The summed E-state index contributed by atoms with van der Waals surface area (Å²) in [6, 6.07) is 13.5. The third kappa shape index (κ3) is 3.83. The quantitative estimate of drug-likeness (QED) is 0.546. The monoisotopic (exact) mass is 328 g/mol. The Balaban J connectivity index is 1.76. The minimum Gasteiger partial charge on any atom is -0.454 e. The molecule has 0 fully saturated rings. The van der Waals surface area contributed by atoms with Crippen molar-refractivity contribution in [2.45, 2.75) is 0 Å². The number of nitrogen functional groups attached to an aromatic ring is 1. The first-order chi connectivity index (χ1) is 11.2. The molecule has 0 unspecified atom stereocenters. The third-order valence-electron chi connectivity index (χ3n) is 2.86. The molecule has 3 aromatic rings. The van der Waals surface area contributed by atoms with Crippen LogP contribution in [0.25, 0.3) is 0 Å². The van der Waals surface area contributed by atoms with Gasteiger partial charge >= 0.3 is 0 Å². The lowest BCUT2D eigenvalue weighted by molar-refractivity contribution is 0.442. The standard InChI is InChI=1S/C16H13FN4OS/c17-12-6-2-4-8-14(12)22-13-7-3-1-5-11(13)9-19-21-16-20-15(18)10-23-16/h1-10H,18H2,(H,20,21). The molecule has 0 aliphatic carbocycles. The van der Waals surface area contributed by atoms with E-state index >= 15 is 0 Å². The van der Waals surface area contributed by atoms with Gasteiger partial charge in [-0.25, -0.2) is 9.37 Å². The molecule has 7 heteroatoms. The highest BCUT2D eigenvalue weighted by atomic mass is 32.1. The van der Waals surface area contributed by atoms with Crippen LogP contribution in [0.3, 0.4) is 0 Å². The van der Waals surface area contributed by atoms with Crippen molar-refractivity contribution < 1.29 is 9.13 Å². The number of thiazole rings is 1. The van der Waals surface area contributed by atoms with Crippen LogP contribution in [0.2, 0.25) is 0 Å². The van der Waals surface area contributed by atoms with Crippen molar-refractivity contribution in [3.05, 3.63) is 65.3 Å². The molecule has 0 atom stereocenters. The zero-order valence-electron chi connectivity index (χ0n) is 11.9. The van der Waals surface area contributed by atoms with Gasteiger partial charge in [-0.2, -0.15) is 5.10 Å². The third-order valence-corrected chi connectivity index (χ3v) is 3.63. The number of aromatic nitrogens is 1. The van der Waals surface area contributed by atoms with Crippen molar-refractivity contribution in [2.24, 2.45) is 5.10 Å². The van der Waals surface area contributed by atoms with E-state index in [4.69, 9.17) is 10.5 Å². The second kappa shape index (κ2) is 6.89. The fraction of sp³-hybridized carbons (Fsp3) is 0. The Hall–Kier alpha value is -2.93. The molecule has 1 aromatic heterocycles. The fourth-order valence-electron chi connectivity index (χ4n) is 1.82. The van der Waals surface area contributed by atoms with E-state index in [2.05, 4.69) is 15.5 Å². The number of hydrazone groups is 1. The molecule has 5 nitrogen and oxygen atoms in total. The van der Waals surface area contributed by atoms with Crippen LogP contribution in [-0.4, -0.2) is 11.2 Å². The number of halogens is 1. The van der Waals surface area contributed by atoms with Crippen molar-refractivity contribution in [1.82, 2.24) is 4.98 Å². The molecule has 0 amide bonds. The molecule has 3 N–H and O–H groups in total. The van der Waals surface area contributed by atoms with Gasteiger partial charge in [-0.3, -0.25) is 5.43 Å². The lowest BCUT2D eigenvalue weighted by atomic mass is 10.2. The molecule has 23 heavy (non-hydrogen) atoms. The number of nitrogens with zero attached hydrogens (tertiary/aromatic N) is 2. The van der Waals surface area contributed by atoms with E-state index in [9.17, 15) is 4.39 Å². The van der Waals surface area contributed by atoms with E-state index in [1.165, 1.54) is 17.4 Å². The molecule has 0 radical (unpaired) electrons. The van der Waals surface area contributed by atoms with E-state index in [0.717, 1.165) is 0 Å². The number of hydrogen-bond donors (Lipinski definition) is 2. The van der Waals surface area contributed by atoms with Crippen LogP contribution in [0.1, 0.15) is 5.56 Å². The SMILES string of the molecule is Nc1csc(NN=Cc2ccccc2Oc2ccccc2F)n1. The highest BCUT2D eigenvalue weighted by Crippen LogP contribution is 2.26. The van der Waals surface area contributed by atoms with Gasteiger partial charge in [-0.1, -0.05) is 24.3 Å². The van der Waals surface area contributed by atoms with E-state index < -0.39 is 5.82 Å². The second-order valence-electron chi connectivity index (χ2n) is 4.52. The lowest BCUT2D eigenvalue weighted by Gasteiger charge is -2.08. The Labute approximate surface area is 136 Å². The number of nitrogens with one attached hydrogen (secondary N) is 1. The number of anilines is 2. The summed E-state index contributed by atoms with van der Waals surface area (Å²) in [5.74, 6) is 0.683. The van der Waals surface area contributed by atoms with Gasteiger partial charge in [0.1, 0.15) is 11.6 Å². The highest BCUT2D eigenvalue weighted by molar-refractivity contribution is 7.14. The van der Waals surface area contributed by atoms with Crippen LogP contribution in [0.4, 0.5) is 15.3 Å². The maximum Gasteiger partial charge on any atom is 0.205 e. The van der Waals surface area contributed by atoms with Crippen molar-refractivity contribution in [1.29, 1.82) is 0 Å². The van der Waals surface area contributed by atoms with E-state index in [0.29, 0.717) is 22.3 Å². The molecule has 0 aliphatic heterocycles. The van der Waals surface area contributed by atoms with Gasteiger partial charge in [-0.05, 0) is 24.3 Å². The summed E-state index contributed by atoms with van der Waals surface area (Å²) in [4.78, 5) is 4.03. The Kier molecular flexibility index (Phi) is 4.49. The average molecular weight is 328 g/mol. The predicted molar refractivity (Wildman–Crippen MR) is 90.7 cm³/mol. The number of benzene rings is 2. The minimum atomic E-state index is -0.421. The van der Waals surface area contributed by atoms with Crippen LogP contribution < -0.4 is 15.9 Å². The smallest absolute Gasteiger partial charge is 0.205 e. The molecule has 0 bridgehead atoms. The van der Waals surface area contributed by atoms with Crippen molar-refractivity contribution in [2.75, 3.05) is 11.2 Å². The summed E-state index contributed by atoms with van der Waals surface area (Å²) in [6.07, 6.45) is 1.58. The van der Waals surface area contributed by atoms with Crippen LogP contribution >= 0.6 is 11.3 Å². The summed E-state index contributed by atoms with van der Waals surface area (Å²) >= 11 is 1.35. The topological polar surface area (TPSA) is 72.5 Å². The van der Waals surface area contributed by atoms with Gasteiger partial charge in [0.2, 0.25) is 5.13 Å². The van der Waals surface area contributed by atoms with Gasteiger partial charge in [0.25, 0.3) is 0 Å². The molecule has 0 saturated heterocycles. The van der Waals surface area contributed by atoms with Crippen LogP contribution in [0.15, 0.2) is 59.0 Å². The number of rotatable bonds is 5. The number of nitrogens with two attached hydrogens (primary N) is 1. The van der Waals surface area contributed by atoms with Gasteiger partial charge in [-0.15, -0.1) is 11.3 Å². The van der Waals surface area contributed by atoms with Crippen molar-refractivity contribution in [3.63, 3.8) is 0 Å². The Morgan fingerprint density at radius 3 is 2.61 bits per heavy atom. The highest BCUT2D eigenvalue weighted by Gasteiger charge is 2.06. The lowest BCUT2D eigenvalue weighted by Crippen LogP contribution is -1.95. The molecule has 0 aliphatic rings. The van der Waals surface area contributed by atoms with Crippen LogP contribution in [0.5, 0.6) is 11.5 Å². The molecule has 3 rings (SSSR count). The van der Waals surface area contributed by atoms with E-state index in [-0.39, 0.29) is 5.75 Å². The molecule has 0 saturated carbocycles. The Morgan fingerprint density at radius 1 is 1.13 bits per heavy atom. The first kappa shape index (κ1) is 15.0. The summed E-state index contributed by atoms with van der Waals surface area (Å²) in [7, 11) is 0. The maximum absolute atomic E-state index is 13.7.